The van der Waals surface area contributed by atoms with E-state index in [9.17, 15) is 9.18 Å². The topological polar surface area (TPSA) is 63.3 Å². The van der Waals surface area contributed by atoms with Gasteiger partial charge in [0.25, 0.3) is 5.91 Å². The lowest BCUT2D eigenvalue weighted by Crippen LogP contribution is -2.18. The van der Waals surface area contributed by atoms with E-state index in [1.165, 1.54) is 25.0 Å². The van der Waals surface area contributed by atoms with E-state index in [0.29, 0.717) is 17.4 Å². The van der Waals surface area contributed by atoms with Crippen molar-refractivity contribution in [2.75, 3.05) is 18.4 Å². The van der Waals surface area contributed by atoms with Crippen LogP contribution in [0.25, 0.3) is 0 Å². The molecule has 1 fully saturated rings. The van der Waals surface area contributed by atoms with Crippen molar-refractivity contribution in [3.63, 3.8) is 0 Å². The van der Waals surface area contributed by atoms with Crippen LogP contribution >= 0.6 is 11.6 Å². The number of nitrogens with zero attached hydrogens (tertiary/aromatic N) is 3. The summed E-state index contributed by atoms with van der Waals surface area (Å²) < 4.78 is 20.4. The fourth-order valence-corrected chi connectivity index (χ4v) is 3.49. The monoisotopic (exact) mass is 402 g/mol. The van der Waals surface area contributed by atoms with Gasteiger partial charge in [-0.1, -0.05) is 17.7 Å². The standard InChI is InChI=1S/C20H20ClFN4O2/c21-17-11-15(22)4-3-14(17)12-26-10-7-19(24-26)23-20(27)18-6-5-16(28-18)13-25-8-1-2-9-25/h3-7,10-11H,1-2,8-9,12-13H2,(H,23,24,27). The molecule has 3 aromatic rings. The number of nitrogens with one attached hydrogen (secondary N) is 1. The van der Waals surface area contributed by atoms with Gasteiger partial charge in [-0.3, -0.25) is 14.4 Å². The van der Waals surface area contributed by atoms with Crippen LogP contribution in [0.3, 0.4) is 0 Å². The molecule has 28 heavy (non-hydrogen) atoms. The highest BCUT2D eigenvalue weighted by atomic mass is 35.5. The number of hydrogen-bond acceptors (Lipinski definition) is 4. The molecule has 0 aliphatic carbocycles. The van der Waals surface area contributed by atoms with Crippen LogP contribution in [-0.2, 0) is 13.1 Å². The van der Waals surface area contributed by atoms with Gasteiger partial charge >= 0.3 is 0 Å². The number of rotatable bonds is 6. The SMILES string of the molecule is O=C(Nc1ccn(Cc2ccc(F)cc2Cl)n1)c1ccc(CN2CCCC2)o1. The van der Waals surface area contributed by atoms with E-state index >= 15 is 0 Å². The maximum absolute atomic E-state index is 13.1. The molecule has 1 aliphatic rings. The fourth-order valence-electron chi connectivity index (χ4n) is 3.26. The van der Waals surface area contributed by atoms with E-state index in [-0.39, 0.29) is 17.5 Å². The first-order valence-corrected chi connectivity index (χ1v) is 9.54. The van der Waals surface area contributed by atoms with E-state index < -0.39 is 0 Å². The average molecular weight is 403 g/mol. The largest absolute Gasteiger partial charge is 0.455 e. The molecule has 0 unspecified atom stereocenters. The molecule has 2 aromatic heterocycles. The molecule has 1 N–H and O–H groups in total. The van der Waals surface area contributed by atoms with Crippen molar-refractivity contribution in [1.29, 1.82) is 0 Å². The van der Waals surface area contributed by atoms with Gasteiger partial charge in [-0.15, -0.1) is 0 Å². The van der Waals surface area contributed by atoms with Crippen molar-refractivity contribution < 1.29 is 13.6 Å². The second-order valence-electron chi connectivity index (χ2n) is 6.84. The summed E-state index contributed by atoms with van der Waals surface area (Å²) in [5.74, 6) is 0.706. The second kappa shape index (κ2) is 8.16. The smallest absolute Gasteiger partial charge is 0.292 e. The number of anilines is 1. The Labute approximate surface area is 166 Å². The van der Waals surface area contributed by atoms with Crippen molar-refractivity contribution in [3.8, 4) is 0 Å². The Morgan fingerprint density at radius 2 is 2.00 bits per heavy atom. The molecule has 0 saturated carbocycles. The molecule has 0 bridgehead atoms. The highest BCUT2D eigenvalue weighted by Gasteiger charge is 2.17. The molecule has 0 spiro atoms. The number of carbonyl (C=O) groups excluding carboxylic acids is 1. The van der Waals surface area contributed by atoms with Crippen LogP contribution in [0.15, 0.2) is 47.0 Å². The molecule has 146 valence electrons. The lowest BCUT2D eigenvalue weighted by atomic mass is 10.2. The first-order valence-electron chi connectivity index (χ1n) is 9.16. The number of amides is 1. The van der Waals surface area contributed by atoms with E-state index in [0.717, 1.165) is 31.0 Å². The Kier molecular flexibility index (Phi) is 5.45. The van der Waals surface area contributed by atoms with E-state index in [1.54, 1.807) is 29.1 Å². The van der Waals surface area contributed by atoms with Gasteiger partial charge in [-0.25, -0.2) is 4.39 Å². The number of benzene rings is 1. The Balaban J connectivity index is 1.36. The molecule has 1 aliphatic heterocycles. The van der Waals surface area contributed by atoms with E-state index in [4.69, 9.17) is 16.0 Å². The molecule has 8 heteroatoms. The third-order valence-corrected chi connectivity index (χ3v) is 5.05. The fraction of sp³-hybridized carbons (Fsp3) is 0.300. The predicted octanol–water partition coefficient (Wildman–Crippen LogP) is 4.17. The molecule has 6 nitrogen and oxygen atoms in total. The highest BCUT2D eigenvalue weighted by Crippen LogP contribution is 2.19. The van der Waals surface area contributed by atoms with Gasteiger partial charge in [0.2, 0.25) is 0 Å². The first-order chi connectivity index (χ1) is 13.6. The van der Waals surface area contributed by atoms with Crippen molar-refractivity contribution in [2.45, 2.75) is 25.9 Å². The number of likely N-dealkylation sites (tertiary alicyclic amines) is 1. The summed E-state index contributed by atoms with van der Waals surface area (Å²) in [4.78, 5) is 14.7. The van der Waals surface area contributed by atoms with Gasteiger partial charge in [0, 0.05) is 17.3 Å². The third-order valence-electron chi connectivity index (χ3n) is 4.69. The van der Waals surface area contributed by atoms with Gasteiger partial charge in [-0.2, -0.15) is 5.10 Å². The minimum absolute atomic E-state index is 0.255. The Hall–Kier alpha value is -2.64. The number of furan rings is 1. The maximum Gasteiger partial charge on any atom is 0.292 e. The van der Waals surface area contributed by atoms with E-state index in [2.05, 4.69) is 15.3 Å². The zero-order chi connectivity index (χ0) is 19.5. The van der Waals surface area contributed by atoms with E-state index in [1.807, 2.05) is 6.07 Å². The van der Waals surface area contributed by atoms with Gasteiger partial charge in [0.05, 0.1) is 13.1 Å². The Bertz CT molecular complexity index is 978. The summed E-state index contributed by atoms with van der Waals surface area (Å²) in [7, 11) is 0. The van der Waals surface area contributed by atoms with Crippen molar-refractivity contribution in [2.24, 2.45) is 0 Å². The molecule has 1 amide bonds. The van der Waals surface area contributed by atoms with Crippen LogP contribution in [0.5, 0.6) is 0 Å². The molecule has 4 rings (SSSR count). The summed E-state index contributed by atoms with van der Waals surface area (Å²) in [5.41, 5.74) is 0.738. The molecule has 0 radical (unpaired) electrons. The number of hydrogen-bond donors (Lipinski definition) is 1. The quantitative estimate of drug-likeness (QED) is 0.672. The third kappa shape index (κ3) is 4.43. The Morgan fingerprint density at radius 3 is 2.79 bits per heavy atom. The maximum atomic E-state index is 13.1. The summed E-state index contributed by atoms with van der Waals surface area (Å²) in [6, 6.07) is 9.42. The Morgan fingerprint density at radius 1 is 1.18 bits per heavy atom. The summed E-state index contributed by atoms with van der Waals surface area (Å²) in [6.07, 6.45) is 4.13. The van der Waals surface area contributed by atoms with Gasteiger partial charge in [-0.05, 0) is 55.8 Å². The van der Waals surface area contributed by atoms with Crippen molar-refractivity contribution in [1.82, 2.24) is 14.7 Å². The normalized spacial score (nSPS) is 14.5. The average Bonchev–Trinajstić information content (AvgIpc) is 3.40. The van der Waals surface area contributed by atoms with Crippen LogP contribution in [-0.4, -0.2) is 33.7 Å². The number of aromatic nitrogens is 2. The van der Waals surface area contributed by atoms with Gasteiger partial charge < -0.3 is 9.73 Å². The zero-order valence-corrected chi connectivity index (χ0v) is 16.0. The lowest BCUT2D eigenvalue weighted by Gasteiger charge is -2.11. The first kappa shape index (κ1) is 18.7. The second-order valence-corrected chi connectivity index (χ2v) is 7.24. The molecule has 3 heterocycles. The lowest BCUT2D eigenvalue weighted by molar-refractivity contribution is 0.0993. The summed E-state index contributed by atoms with van der Waals surface area (Å²) >= 11 is 6.05. The van der Waals surface area contributed by atoms with Gasteiger partial charge in [0.1, 0.15) is 11.6 Å². The summed E-state index contributed by atoms with van der Waals surface area (Å²) in [5, 5.41) is 7.37. The molecular weight excluding hydrogens is 383 g/mol. The zero-order valence-electron chi connectivity index (χ0n) is 15.2. The van der Waals surface area contributed by atoms with Crippen molar-refractivity contribution >= 4 is 23.3 Å². The van der Waals surface area contributed by atoms with Crippen LogP contribution in [0.1, 0.15) is 34.7 Å². The number of halogens is 2. The minimum atomic E-state index is -0.385. The summed E-state index contributed by atoms with van der Waals surface area (Å²) in [6.45, 7) is 3.23. The van der Waals surface area contributed by atoms with Crippen molar-refractivity contribution in [3.05, 3.63) is 70.5 Å². The van der Waals surface area contributed by atoms with Crippen LogP contribution in [0.4, 0.5) is 10.2 Å². The predicted molar refractivity (Wildman–Crippen MR) is 104 cm³/mol. The number of carbonyl (C=O) groups is 1. The minimum Gasteiger partial charge on any atom is -0.455 e. The molecule has 1 aromatic carbocycles. The van der Waals surface area contributed by atoms with Crippen LogP contribution in [0, 0.1) is 5.82 Å². The molecule has 1 saturated heterocycles. The molecule has 0 atom stereocenters. The highest BCUT2D eigenvalue weighted by molar-refractivity contribution is 6.31. The molecular formula is C20H20ClFN4O2. The van der Waals surface area contributed by atoms with Crippen LogP contribution in [0.2, 0.25) is 5.02 Å². The van der Waals surface area contributed by atoms with Gasteiger partial charge in [0.15, 0.2) is 11.6 Å². The van der Waals surface area contributed by atoms with Crippen LogP contribution < -0.4 is 5.32 Å².